The maximum absolute atomic E-state index is 14.0. The molecule has 3 aromatic carbocycles. The number of carbonyl (C=O) groups excluding carboxylic acids is 2. The third kappa shape index (κ3) is 6.99. The molecular formula is C30H34ClN3O4S. The van der Waals surface area contributed by atoms with Crippen LogP contribution in [0, 0.1) is 6.92 Å². The molecule has 0 spiro atoms. The number of hydrogen-bond donors (Lipinski definition) is 1. The van der Waals surface area contributed by atoms with E-state index in [2.05, 4.69) is 5.32 Å². The van der Waals surface area contributed by atoms with Gasteiger partial charge in [0.15, 0.2) is 0 Å². The van der Waals surface area contributed by atoms with E-state index in [0.717, 1.165) is 41.1 Å². The van der Waals surface area contributed by atoms with Gasteiger partial charge in [-0.1, -0.05) is 84.6 Å². The molecule has 9 heteroatoms. The average Bonchev–Trinajstić information content (AvgIpc) is 3.44. The summed E-state index contributed by atoms with van der Waals surface area (Å²) in [6, 6.07) is 21.4. The minimum absolute atomic E-state index is 0.0370. The molecule has 39 heavy (non-hydrogen) atoms. The quantitative estimate of drug-likeness (QED) is 0.359. The van der Waals surface area contributed by atoms with Crippen molar-refractivity contribution >= 4 is 39.1 Å². The lowest BCUT2D eigenvalue weighted by Gasteiger charge is -2.32. The van der Waals surface area contributed by atoms with Crippen LogP contribution in [0.15, 0.2) is 83.8 Å². The molecule has 4 rings (SSSR count). The SMILES string of the molecule is Cc1cccc(CN(C(=O)CN(c2ccccc2Cl)S(=O)(=O)c2ccccc2)[C@H](C)C(=O)NC2CCCC2)c1. The monoisotopic (exact) mass is 567 g/mol. The predicted molar refractivity (Wildman–Crippen MR) is 154 cm³/mol. The fourth-order valence-corrected chi connectivity index (χ4v) is 6.61. The molecule has 0 unspecified atom stereocenters. The van der Waals surface area contributed by atoms with E-state index < -0.39 is 28.5 Å². The van der Waals surface area contributed by atoms with Crippen LogP contribution in [0.4, 0.5) is 5.69 Å². The van der Waals surface area contributed by atoms with Crippen molar-refractivity contribution in [2.75, 3.05) is 10.8 Å². The summed E-state index contributed by atoms with van der Waals surface area (Å²) in [6.45, 7) is 3.27. The molecule has 0 aromatic heterocycles. The highest BCUT2D eigenvalue weighted by atomic mass is 35.5. The highest BCUT2D eigenvalue weighted by Crippen LogP contribution is 2.30. The van der Waals surface area contributed by atoms with Crippen LogP contribution in [-0.4, -0.2) is 43.8 Å². The first kappa shape index (κ1) is 28.6. The van der Waals surface area contributed by atoms with Gasteiger partial charge in [0.25, 0.3) is 10.0 Å². The molecule has 0 saturated heterocycles. The Kier molecular flexibility index (Phi) is 9.30. The van der Waals surface area contributed by atoms with Crippen molar-refractivity contribution in [3.63, 3.8) is 0 Å². The van der Waals surface area contributed by atoms with E-state index in [9.17, 15) is 18.0 Å². The van der Waals surface area contributed by atoms with E-state index in [0.29, 0.717) is 0 Å². The van der Waals surface area contributed by atoms with E-state index in [-0.39, 0.29) is 34.1 Å². The third-order valence-corrected chi connectivity index (χ3v) is 9.13. The molecule has 1 N–H and O–H groups in total. The van der Waals surface area contributed by atoms with Gasteiger partial charge >= 0.3 is 0 Å². The highest BCUT2D eigenvalue weighted by molar-refractivity contribution is 7.92. The minimum Gasteiger partial charge on any atom is -0.352 e. The molecule has 1 aliphatic rings. The number of carbonyl (C=O) groups is 2. The zero-order chi connectivity index (χ0) is 28.0. The number of hydrogen-bond acceptors (Lipinski definition) is 4. The number of nitrogens with zero attached hydrogens (tertiary/aromatic N) is 2. The molecule has 2 amide bonds. The van der Waals surface area contributed by atoms with Crippen LogP contribution in [0.2, 0.25) is 5.02 Å². The summed E-state index contributed by atoms with van der Waals surface area (Å²) in [5, 5.41) is 3.27. The van der Waals surface area contributed by atoms with Gasteiger partial charge in [-0.15, -0.1) is 0 Å². The van der Waals surface area contributed by atoms with Crippen LogP contribution < -0.4 is 9.62 Å². The number of halogens is 1. The van der Waals surface area contributed by atoms with Gasteiger partial charge in [0.2, 0.25) is 11.8 Å². The normalized spacial score (nSPS) is 14.5. The number of rotatable bonds is 10. The Hall–Kier alpha value is -3.36. The van der Waals surface area contributed by atoms with Crippen molar-refractivity contribution in [1.29, 1.82) is 0 Å². The maximum atomic E-state index is 14.0. The number of aryl methyl sites for hydroxylation is 1. The molecule has 0 radical (unpaired) electrons. The van der Waals surface area contributed by atoms with Crippen LogP contribution in [0.25, 0.3) is 0 Å². The second kappa shape index (κ2) is 12.7. The van der Waals surface area contributed by atoms with E-state index >= 15 is 0 Å². The number of anilines is 1. The second-order valence-corrected chi connectivity index (χ2v) is 12.2. The van der Waals surface area contributed by atoms with E-state index in [1.165, 1.54) is 17.0 Å². The molecule has 206 valence electrons. The smallest absolute Gasteiger partial charge is 0.264 e. The number of benzene rings is 3. The summed E-state index contributed by atoms with van der Waals surface area (Å²) in [7, 11) is -4.15. The first-order valence-corrected chi connectivity index (χ1v) is 15.0. The van der Waals surface area contributed by atoms with Crippen LogP contribution in [-0.2, 0) is 26.2 Å². The zero-order valence-corrected chi connectivity index (χ0v) is 23.8. The maximum Gasteiger partial charge on any atom is 0.264 e. The summed E-state index contributed by atoms with van der Waals surface area (Å²) in [5.74, 6) is -0.761. The Balaban J connectivity index is 1.69. The van der Waals surface area contributed by atoms with E-state index in [1.54, 1.807) is 49.4 Å². The molecular weight excluding hydrogens is 534 g/mol. The van der Waals surface area contributed by atoms with Gasteiger partial charge in [-0.2, -0.15) is 0 Å². The minimum atomic E-state index is -4.15. The molecule has 1 atom stereocenters. The van der Waals surface area contributed by atoms with Crippen molar-refractivity contribution in [2.45, 2.75) is 63.1 Å². The first-order chi connectivity index (χ1) is 18.7. The van der Waals surface area contributed by atoms with Crippen LogP contribution in [0.5, 0.6) is 0 Å². The second-order valence-electron chi connectivity index (χ2n) is 9.95. The largest absolute Gasteiger partial charge is 0.352 e. The first-order valence-electron chi connectivity index (χ1n) is 13.1. The van der Waals surface area contributed by atoms with Gasteiger partial charge in [-0.3, -0.25) is 13.9 Å². The summed E-state index contributed by atoms with van der Waals surface area (Å²) < 4.78 is 28.6. The van der Waals surface area contributed by atoms with Crippen molar-refractivity contribution in [1.82, 2.24) is 10.2 Å². The lowest BCUT2D eigenvalue weighted by molar-refractivity contribution is -0.139. The molecule has 0 bridgehead atoms. The summed E-state index contributed by atoms with van der Waals surface area (Å²) in [5.41, 5.74) is 2.06. The molecule has 1 fully saturated rings. The van der Waals surface area contributed by atoms with Crippen molar-refractivity contribution in [3.05, 3.63) is 95.0 Å². The summed E-state index contributed by atoms with van der Waals surface area (Å²) >= 11 is 6.44. The summed E-state index contributed by atoms with van der Waals surface area (Å²) in [6.07, 6.45) is 3.96. The lowest BCUT2D eigenvalue weighted by atomic mass is 10.1. The molecule has 0 heterocycles. The van der Waals surface area contributed by atoms with Gasteiger partial charge < -0.3 is 10.2 Å². The zero-order valence-electron chi connectivity index (χ0n) is 22.2. The molecule has 0 aliphatic heterocycles. The van der Waals surface area contributed by atoms with Gasteiger partial charge in [-0.05, 0) is 56.5 Å². The Labute approximate surface area is 235 Å². The van der Waals surface area contributed by atoms with Gasteiger partial charge in [0, 0.05) is 12.6 Å². The van der Waals surface area contributed by atoms with Crippen molar-refractivity contribution in [3.8, 4) is 0 Å². The van der Waals surface area contributed by atoms with E-state index in [1.807, 2.05) is 31.2 Å². The Morgan fingerprint density at radius 1 is 0.974 bits per heavy atom. The molecule has 1 saturated carbocycles. The summed E-state index contributed by atoms with van der Waals surface area (Å²) in [4.78, 5) is 28.7. The molecule has 3 aromatic rings. The topological polar surface area (TPSA) is 86.8 Å². The Morgan fingerprint density at radius 2 is 1.64 bits per heavy atom. The number of para-hydroxylation sites is 1. The average molecular weight is 568 g/mol. The predicted octanol–water partition coefficient (Wildman–Crippen LogP) is 5.32. The number of amides is 2. The van der Waals surface area contributed by atoms with Gasteiger partial charge in [-0.25, -0.2) is 8.42 Å². The Bertz CT molecular complexity index is 1410. The Morgan fingerprint density at radius 3 is 2.31 bits per heavy atom. The van der Waals surface area contributed by atoms with Crippen LogP contribution >= 0.6 is 11.6 Å². The molecule has 7 nitrogen and oxygen atoms in total. The molecule has 1 aliphatic carbocycles. The van der Waals surface area contributed by atoms with Crippen molar-refractivity contribution in [2.24, 2.45) is 0 Å². The van der Waals surface area contributed by atoms with Crippen LogP contribution in [0.3, 0.4) is 0 Å². The van der Waals surface area contributed by atoms with Gasteiger partial charge in [0.05, 0.1) is 15.6 Å². The standard InChI is InChI=1S/C30H34ClN3O4S/c1-22-11-10-12-24(19-22)20-33(23(2)30(36)32-25-13-6-7-14-25)29(35)21-34(28-18-9-8-17-27(28)31)39(37,38)26-15-4-3-5-16-26/h3-5,8-12,15-19,23,25H,6-7,13-14,20-21H2,1-2H3,(H,32,36)/t23-/m1/s1. The van der Waals surface area contributed by atoms with Crippen LogP contribution in [0.1, 0.15) is 43.7 Å². The third-order valence-electron chi connectivity index (χ3n) is 7.04. The fourth-order valence-electron chi connectivity index (χ4n) is 4.87. The van der Waals surface area contributed by atoms with Crippen molar-refractivity contribution < 1.29 is 18.0 Å². The number of sulfonamides is 1. The lowest BCUT2D eigenvalue weighted by Crippen LogP contribution is -2.52. The van der Waals surface area contributed by atoms with Gasteiger partial charge in [0.1, 0.15) is 12.6 Å². The highest BCUT2D eigenvalue weighted by Gasteiger charge is 2.34. The fraction of sp³-hybridized carbons (Fsp3) is 0.333. The van der Waals surface area contributed by atoms with E-state index in [4.69, 9.17) is 11.6 Å². The number of nitrogens with one attached hydrogen (secondary N) is 1.